The fourth-order valence-corrected chi connectivity index (χ4v) is 3.64. The smallest absolute Gasteiger partial charge is 0.136 e. The third kappa shape index (κ3) is 3.72. The molecule has 1 unspecified atom stereocenters. The second kappa shape index (κ2) is 7.91. The minimum Gasteiger partial charge on any atom is -0.371 e. The zero-order valence-electron chi connectivity index (χ0n) is 16.8. The number of rotatable bonds is 6. The average Bonchev–Trinajstić information content (AvgIpc) is 2.97. The maximum atomic E-state index is 4.62. The minimum atomic E-state index is 0.409. The van der Waals surface area contributed by atoms with Crippen LogP contribution in [0, 0.1) is 19.8 Å². The molecule has 144 valence electrons. The number of nitrogens with one attached hydrogen (secondary N) is 2. The number of nitrogens with zero attached hydrogens (tertiary/aromatic N) is 3. The number of aromatic nitrogens is 2. The van der Waals surface area contributed by atoms with Crippen molar-refractivity contribution in [3.8, 4) is 0 Å². The van der Waals surface area contributed by atoms with Crippen molar-refractivity contribution in [1.29, 1.82) is 0 Å². The van der Waals surface area contributed by atoms with Crippen molar-refractivity contribution in [3.63, 3.8) is 0 Å². The van der Waals surface area contributed by atoms with Gasteiger partial charge in [-0.05, 0) is 39.3 Å². The molecule has 1 atom stereocenters. The molecular formula is C22H31N5. The first kappa shape index (κ1) is 19.1. The van der Waals surface area contributed by atoms with E-state index in [0.29, 0.717) is 5.92 Å². The summed E-state index contributed by atoms with van der Waals surface area (Å²) in [6, 6.07) is 0. The molecule has 3 rings (SSSR count). The van der Waals surface area contributed by atoms with Gasteiger partial charge in [-0.25, -0.2) is 4.68 Å². The summed E-state index contributed by atoms with van der Waals surface area (Å²) in [4.78, 5) is 2.34. The van der Waals surface area contributed by atoms with Crippen LogP contribution in [0.4, 0.5) is 5.82 Å². The van der Waals surface area contributed by atoms with Crippen LogP contribution in [-0.2, 0) is 0 Å². The van der Waals surface area contributed by atoms with Gasteiger partial charge in [0.2, 0.25) is 0 Å². The van der Waals surface area contributed by atoms with Crippen LogP contribution in [0.3, 0.4) is 0 Å². The number of piperidine rings is 1. The monoisotopic (exact) mass is 365 g/mol. The Morgan fingerprint density at radius 3 is 2.93 bits per heavy atom. The van der Waals surface area contributed by atoms with E-state index in [4.69, 9.17) is 0 Å². The van der Waals surface area contributed by atoms with E-state index in [9.17, 15) is 0 Å². The van der Waals surface area contributed by atoms with E-state index in [1.165, 1.54) is 0 Å². The van der Waals surface area contributed by atoms with Gasteiger partial charge < -0.3 is 15.5 Å². The van der Waals surface area contributed by atoms with Crippen molar-refractivity contribution < 1.29 is 0 Å². The summed E-state index contributed by atoms with van der Waals surface area (Å²) in [6.45, 7) is 21.0. The summed E-state index contributed by atoms with van der Waals surface area (Å²) in [5.74, 6) is 1.40. The molecule has 5 heteroatoms. The average molecular weight is 366 g/mol. The topological polar surface area (TPSA) is 45.1 Å². The second-order valence-corrected chi connectivity index (χ2v) is 7.33. The Morgan fingerprint density at radius 1 is 1.41 bits per heavy atom. The standard InChI is InChI=1S/C22H31N5/c1-7-8-11-23-17(4)20-10-9-12-26(14-20)18(5)21-13-24-22-15(2)16(3)25-27(22)19(21)6/h8,11,13,20,23-24H,4-7,9-10,12,14H2,1-3H3/b11-8-. The van der Waals surface area contributed by atoms with Crippen molar-refractivity contribution >= 4 is 11.5 Å². The predicted octanol–water partition coefficient (Wildman–Crippen LogP) is 4.53. The van der Waals surface area contributed by atoms with E-state index in [1.807, 2.05) is 24.0 Å². The van der Waals surface area contributed by atoms with E-state index in [2.05, 4.69) is 60.3 Å². The van der Waals surface area contributed by atoms with Crippen LogP contribution < -0.4 is 10.6 Å². The Kier molecular flexibility index (Phi) is 5.59. The number of likely N-dealkylation sites (tertiary alicyclic amines) is 1. The molecule has 0 bridgehead atoms. The fraction of sp³-hybridized carbons (Fsp3) is 0.409. The van der Waals surface area contributed by atoms with Gasteiger partial charge in [-0.1, -0.05) is 32.7 Å². The Hall–Kier alpha value is -2.69. The van der Waals surface area contributed by atoms with Gasteiger partial charge in [0.25, 0.3) is 0 Å². The molecule has 2 aliphatic heterocycles. The molecule has 1 aromatic rings. The van der Waals surface area contributed by atoms with Gasteiger partial charge in [0, 0.05) is 47.7 Å². The summed E-state index contributed by atoms with van der Waals surface area (Å²) < 4.78 is 1.89. The highest BCUT2D eigenvalue weighted by Crippen LogP contribution is 2.34. The number of aryl methyl sites for hydroxylation is 1. The van der Waals surface area contributed by atoms with E-state index in [-0.39, 0.29) is 0 Å². The number of anilines is 1. The van der Waals surface area contributed by atoms with Gasteiger partial charge in [-0.15, -0.1) is 0 Å². The van der Waals surface area contributed by atoms with Gasteiger partial charge >= 0.3 is 0 Å². The molecular weight excluding hydrogens is 334 g/mol. The van der Waals surface area contributed by atoms with Crippen molar-refractivity contribution in [1.82, 2.24) is 20.0 Å². The maximum Gasteiger partial charge on any atom is 0.136 e. The number of hydrogen-bond acceptors (Lipinski definition) is 4. The molecule has 1 saturated heterocycles. The normalized spacial score (nSPS) is 19.5. The third-order valence-electron chi connectivity index (χ3n) is 5.51. The molecule has 27 heavy (non-hydrogen) atoms. The Balaban J connectivity index is 1.70. The van der Waals surface area contributed by atoms with E-state index in [1.54, 1.807) is 0 Å². The highest BCUT2D eigenvalue weighted by atomic mass is 15.4. The molecule has 0 spiro atoms. The first-order valence-electron chi connectivity index (χ1n) is 9.71. The second-order valence-electron chi connectivity index (χ2n) is 7.33. The summed E-state index contributed by atoms with van der Waals surface area (Å²) >= 11 is 0. The maximum absolute atomic E-state index is 4.62. The van der Waals surface area contributed by atoms with E-state index >= 15 is 0 Å². The number of fused-ring (bicyclic) bond motifs is 1. The molecule has 0 aromatic carbocycles. The lowest BCUT2D eigenvalue weighted by atomic mass is 9.94. The quantitative estimate of drug-likeness (QED) is 0.777. The zero-order valence-corrected chi connectivity index (χ0v) is 16.8. The molecule has 5 nitrogen and oxygen atoms in total. The van der Waals surface area contributed by atoms with Crippen LogP contribution in [0.25, 0.3) is 5.70 Å². The summed E-state index contributed by atoms with van der Waals surface area (Å²) in [5, 5.41) is 11.3. The van der Waals surface area contributed by atoms with Gasteiger partial charge in [0.05, 0.1) is 11.4 Å². The van der Waals surface area contributed by atoms with Crippen molar-refractivity contribution in [2.45, 2.75) is 40.0 Å². The third-order valence-corrected chi connectivity index (χ3v) is 5.51. The highest BCUT2D eigenvalue weighted by molar-refractivity contribution is 5.77. The van der Waals surface area contributed by atoms with Crippen LogP contribution in [0.15, 0.2) is 55.2 Å². The SMILES string of the molecule is C=C(N/C=C\CC)C1CCCN(C(=C)C2=CNc3c(C)c(C)nn3C2=C)C1. The number of allylic oxidation sites excluding steroid dienone is 2. The Bertz CT molecular complexity index is 824. The molecule has 3 heterocycles. The van der Waals surface area contributed by atoms with Gasteiger partial charge in [-0.2, -0.15) is 5.10 Å². The summed E-state index contributed by atoms with van der Waals surface area (Å²) in [5.41, 5.74) is 6.11. The van der Waals surface area contributed by atoms with Gasteiger partial charge in [-0.3, -0.25) is 0 Å². The highest BCUT2D eigenvalue weighted by Gasteiger charge is 2.27. The van der Waals surface area contributed by atoms with Crippen molar-refractivity contribution in [2.75, 3.05) is 18.4 Å². The van der Waals surface area contributed by atoms with Crippen LogP contribution in [-0.4, -0.2) is 27.8 Å². The lowest BCUT2D eigenvalue weighted by Gasteiger charge is -2.37. The molecule has 2 aliphatic rings. The van der Waals surface area contributed by atoms with Crippen LogP contribution in [0.5, 0.6) is 0 Å². The Labute approximate surface area is 162 Å². The largest absolute Gasteiger partial charge is 0.371 e. The van der Waals surface area contributed by atoms with Crippen molar-refractivity contribution in [3.05, 3.63) is 66.4 Å². The first-order chi connectivity index (χ1) is 12.9. The minimum absolute atomic E-state index is 0.409. The van der Waals surface area contributed by atoms with Gasteiger partial charge in [0.1, 0.15) is 5.82 Å². The van der Waals surface area contributed by atoms with Gasteiger partial charge in [0.15, 0.2) is 0 Å². The van der Waals surface area contributed by atoms with E-state index in [0.717, 1.165) is 72.1 Å². The molecule has 1 fully saturated rings. The first-order valence-corrected chi connectivity index (χ1v) is 9.71. The molecule has 2 N–H and O–H groups in total. The van der Waals surface area contributed by atoms with Crippen LogP contribution >= 0.6 is 0 Å². The van der Waals surface area contributed by atoms with Crippen LogP contribution in [0.1, 0.15) is 37.4 Å². The fourth-order valence-electron chi connectivity index (χ4n) is 3.64. The summed E-state index contributed by atoms with van der Waals surface area (Å²) in [6.07, 6.45) is 9.41. The molecule has 0 aliphatic carbocycles. The lowest BCUT2D eigenvalue weighted by Crippen LogP contribution is -2.37. The molecule has 1 aromatic heterocycles. The van der Waals surface area contributed by atoms with E-state index < -0.39 is 0 Å². The zero-order chi connectivity index (χ0) is 19.6. The van der Waals surface area contributed by atoms with Crippen molar-refractivity contribution in [2.24, 2.45) is 5.92 Å². The number of hydrogen-bond donors (Lipinski definition) is 2. The molecule has 0 saturated carbocycles. The van der Waals surface area contributed by atoms with Crippen LogP contribution in [0.2, 0.25) is 0 Å². The predicted molar refractivity (Wildman–Crippen MR) is 114 cm³/mol. The Morgan fingerprint density at radius 2 is 2.19 bits per heavy atom. The molecule has 0 amide bonds. The summed E-state index contributed by atoms with van der Waals surface area (Å²) in [7, 11) is 0. The molecule has 0 radical (unpaired) electrons. The lowest BCUT2D eigenvalue weighted by molar-refractivity contribution is 0.240.